The molecule has 0 saturated carbocycles. The van der Waals surface area contributed by atoms with Crippen molar-refractivity contribution in [2.45, 2.75) is 0 Å². The van der Waals surface area contributed by atoms with Crippen LogP contribution in [-0.4, -0.2) is 33.6 Å². The number of aromatic nitrogens is 4. The maximum atomic E-state index is 13.2. The third-order valence-corrected chi connectivity index (χ3v) is 4.89. The first-order valence-electron chi connectivity index (χ1n) is 9.54. The third kappa shape index (κ3) is 3.51. The Bertz CT molecular complexity index is 1360. The van der Waals surface area contributed by atoms with Crippen molar-refractivity contribution >= 4 is 22.6 Å². The molecule has 0 bridgehead atoms. The summed E-state index contributed by atoms with van der Waals surface area (Å²) in [5.74, 6) is 0.955. The van der Waals surface area contributed by atoms with Gasteiger partial charge in [0.15, 0.2) is 0 Å². The monoisotopic (exact) mass is 411 g/mol. The predicted molar refractivity (Wildman–Crippen MR) is 116 cm³/mol. The van der Waals surface area contributed by atoms with Gasteiger partial charge in [-0.1, -0.05) is 42.5 Å². The molecule has 3 aromatic carbocycles. The second-order valence-electron chi connectivity index (χ2n) is 6.80. The van der Waals surface area contributed by atoms with E-state index < -0.39 is 0 Å². The van der Waals surface area contributed by atoms with Crippen LogP contribution in [0.2, 0.25) is 0 Å². The minimum Gasteiger partial charge on any atom is -0.497 e. The van der Waals surface area contributed by atoms with Crippen molar-refractivity contribution < 1.29 is 13.9 Å². The zero-order valence-electron chi connectivity index (χ0n) is 16.5. The molecule has 0 unspecified atom stereocenters. The van der Waals surface area contributed by atoms with Crippen molar-refractivity contribution in [1.29, 1.82) is 0 Å². The number of carbonyl (C=O) groups excluding carboxylic acids is 1. The zero-order valence-corrected chi connectivity index (χ0v) is 16.5. The molecule has 5 aromatic rings. The van der Waals surface area contributed by atoms with Crippen molar-refractivity contribution in [3.05, 3.63) is 78.6 Å². The minimum atomic E-state index is -0.362. The number of tetrazole rings is 1. The van der Waals surface area contributed by atoms with Gasteiger partial charge in [-0.2, -0.15) is 5.21 Å². The average molecular weight is 411 g/mol. The Morgan fingerprint density at radius 1 is 1.00 bits per heavy atom. The van der Waals surface area contributed by atoms with Crippen molar-refractivity contribution in [2.75, 3.05) is 12.4 Å². The quantitative estimate of drug-likeness (QED) is 0.440. The number of methoxy groups -OCH3 is 1. The molecular weight excluding hydrogens is 394 g/mol. The molecule has 0 spiro atoms. The number of hydrogen-bond acceptors (Lipinski definition) is 6. The minimum absolute atomic E-state index is 0.222. The van der Waals surface area contributed by atoms with E-state index >= 15 is 0 Å². The Morgan fingerprint density at radius 2 is 1.84 bits per heavy atom. The van der Waals surface area contributed by atoms with E-state index in [-0.39, 0.29) is 11.7 Å². The van der Waals surface area contributed by atoms with Crippen LogP contribution in [0.4, 0.5) is 5.69 Å². The first-order valence-corrected chi connectivity index (χ1v) is 9.54. The molecule has 0 fully saturated rings. The van der Waals surface area contributed by atoms with Crippen molar-refractivity contribution in [2.24, 2.45) is 0 Å². The number of furan rings is 1. The number of carbonyl (C=O) groups is 1. The van der Waals surface area contributed by atoms with Gasteiger partial charge in [0.1, 0.15) is 11.3 Å². The van der Waals surface area contributed by atoms with Crippen LogP contribution in [0.3, 0.4) is 0 Å². The molecule has 8 nitrogen and oxygen atoms in total. The van der Waals surface area contributed by atoms with Crippen molar-refractivity contribution in [1.82, 2.24) is 20.6 Å². The van der Waals surface area contributed by atoms with Gasteiger partial charge in [-0.05, 0) is 35.0 Å². The SMILES string of the molecule is COc1ccc2c(-c3ccccc3)c(C(=O)Nc3cccc(-c4nn[nH]n4)c3)oc2c1. The lowest BCUT2D eigenvalue weighted by atomic mass is 10.0. The number of nitrogens with one attached hydrogen (secondary N) is 2. The second kappa shape index (κ2) is 7.75. The van der Waals surface area contributed by atoms with Crippen LogP contribution in [0.15, 0.2) is 77.2 Å². The second-order valence-corrected chi connectivity index (χ2v) is 6.80. The van der Waals surface area contributed by atoms with E-state index in [0.717, 1.165) is 22.1 Å². The highest BCUT2D eigenvalue weighted by Crippen LogP contribution is 2.37. The summed E-state index contributed by atoms with van der Waals surface area (Å²) in [6, 6.07) is 22.4. The predicted octanol–water partition coefficient (Wildman–Crippen LogP) is 4.54. The maximum absolute atomic E-state index is 13.2. The molecule has 0 saturated heterocycles. The Kier molecular flexibility index (Phi) is 4.64. The summed E-state index contributed by atoms with van der Waals surface area (Å²) in [5.41, 5.74) is 3.50. The topological polar surface area (TPSA) is 106 Å². The number of benzene rings is 3. The first-order chi connectivity index (χ1) is 15.2. The van der Waals surface area contributed by atoms with Crippen LogP contribution in [0.5, 0.6) is 5.75 Å². The summed E-state index contributed by atoms with van der Waals surface area (Å²) in [5, 5.41) is 17.7. The van der Waals surface area contributed by atoms with Crippen LogP contribution < -0.4 is 10.1 Å². The average Bonchev–Trinajstić information content (AvgIpc) is 3.47. The van der Waals surface area contributed by atoms with E-state index in [1.54, 1.807) is 25.3 Å². The molecule has 5 rings (SSSR count). The lowest BCUT2D eigenvalue weighted by molar-refractivity contribution is 0.0999. The fourth-order valence-corrected chi connectivity index (χ4v) is 3.46. The van der Waals surface area contributed by atoms with Crippen LogP contribution in [0.25, 0.3) is 33.5 Å². The number of rotatable bonds is 5. The third-order valence-electron chi connectivity index (χ3n) is 4.89. The lowest BCUT2D eigenvalue weighted by Crippen LogP contribution is -2.12. The van der Waals surface area contributed by atoms with Gasteiger partial charge in [-0.15, -0.1) is 10.2 Å². The number of aromatic amines is 1. The fraction of sp³-hybridized carbons (Fsp3) is 0.0435. The number of H-pyrrole nitrogens is 1. The summed E-state index contributed by atoms with van der Waals surface area (Å²) in [7, 11) is 1.59. The highest BCUT2D eigenvalue weighted by molar-refractivity contribution is 6.12. The molecule has 2 heterocycles. The van der Waals surface area contributed by atoms with Gasteiger partial charge >= 0.3 is 0 Å². The molecule has 0 radical (unpaired) electrons. The molecule has 31 heavy (non-hydrogen) atoms. The number of ether oxygens (including phenoxy) is 1. The summed E-state index contributed by atoms with van der Waals surface area (Å²) < 4.78 is 11.3. The number of amides is 1. The Morgan fingerprint density at radius 3 is 2.61 bits per heavy atom. The Balaban J connectivity index is 1.56. The van der Waals surface area contributed by atoms with Crippen molar-refractivity contribution in [3.8, 4) is 28.3 Å². The van der Waals surface area contributed by atoms with Crippen LogP contribution >= 0.6 is 0 Å². The van der Waals surface area contributed by atoms with Gasteiger partial charge in [0, 0.05) is 28.3 Å². The van der Waals surface area contributed by atoms with Crippen LogP contribution in [0.1, 0.15) is 10.6 Å². The van der Waals surface area contributed by atoms with Gasteiger partial charge in [0.2, 0.25) is 11.6 Å². The van der Waals surface area contributed by atoms with Crippen LogP contribution in [-0.2, 0) is 0 Å². The highest BCUT2D eigenvalue weighted by atomic mass is 16.5. The Hall–Kier alpha value is -4.46. The largest absolute Gasteiger partial charge is 0.497 e. The Labute approximate surface area is 176 Å². The van der Waals surface area contributed by atoms with Gasteiger partial charge in [-0.25, -0.2) is 0 Å². The van der Waals surface area contributed by atoms with E-state index in [1.807, 2.05) is 54.6 Å². The molecule has 2 N–H and O–H groups in total. The number of nitrogens with zero attached hydrogens (tertiary/aromatic N) is 3. The molecule has 1 amide bonds. The van der Waals surface area contributed by atoms with Gasteiger partial charge in [0.05, 0.1) is 7.11 Å². The van der Waals surface area contributed by atoms with Gasteiger partial charge in [-0.3, -0.25) is 4.79 Å². The lowest BCUT2D eigenvalue weighted by Gasteiger charge is -2.07. The molecular formula is C23H17N5O3. The first kappa shape index (κ1) is 18.6. The van der Waals surface area contributed by atoms with E-state index in [9.17, 15) is 4.79 Å². The van der Waals surface area contributed by atoms with Gasteiger partial charge < -0.3 is 14.5 Å². The maximum Gasteiger partial charge on any atom is 0.292 e. The smallest absolute Gasteiger partial charge is 0.292 e. The number of anilines is 1. The molecule has 0 aliphatic rings. The molecule has 0 aliphatic carbocycles. The number of hydrogen-bond donors (Lipinski definition) is 2. The van der Waals surface area contributed by atoms with E-state index in [2.05, 4.69) is 25.9 Å². The fourth-order valence-electron chi connectivity index (χ4n) is 3.46. The summed E-state index contributed by atoms with van der Waals surface area (Å²) >= 11 is 0. The number of fused-ring (bicyclic) bond motifs is 1. The summed E-state index contributed by atoms with van der Waals surface area (Å²) in [4.78, 5) is 13.2. The highest BCUT2D eigenvalue weighted by Gasteiger charge is 2.22. The summed E-state index contributed by atoms with van der Waals surface area (Å²) in [6.07, 6.45) is 0. The van der Waals surface area contributed by atoms with Gasteiger partial charge in [0.25, 0.3) is 5.91 Å². The molecule has 0 atom stereocenters. The van der Waals surface area contributed by atoms with E-state index in [1.165, 1.54) is 0 Å². The standard InChI is InChI=1S/C23H17N5O3/c1-30-17-10-11-18-19(13-17)31-21(20(18)14-6-3-2-4-7-14)23(29)24-16-9-5-8-15(12-16)22-25-27-28-26-22/h2-13H,1H3,(H,24,29)(H,25,26,27,28). The normalized spacial score (nSPS) is 10.9. The van der Waals surface area contributed by atoms with Crippen LogP contribution in [0, 0.1) is 0 Å². The molecule has 8 heteroatoms. The van der Waals surface area contributed by atoms with E-state index in [0.29, 0.717) is 22.8 Å². The van der Waals surface area contributed by atoms with E-state index in [4.69, 9.17) is 9.15 Å². The van der Waals surface area contributed by atoms with Crippen molar-refractivity contribution in [3.63, 3.8) is 0 Å². The molecule has 2 aromatic heterocycles. The summed E-state index contributed by atoms with van der Waals surface area (Å²) in [6.45, 7) is 0. The zero-order chi connectivity index (χ0) is 21.2. The molecule has 0 aliphatic heterocycles. The molecule has 152 valence electrons.